The lowest BCUT2D eigenvalue weighted by Gasteiger charge is -2.39. The van der Waals surface area contributed by atoms with Crippen molar-refractivity contribution in [2.75, 3.05) is 13.7 Å². The number of ketones is 1. The number of methoxy groups -OCH3 is 1. The van der Waals surface area contributed by atoms with Gasteiger partial charge < -0.3 is 44.8 Å². The van der Waals surface area contributed by atoms with Gasteiger partial charge in [-0.1, -0.05) is 0 Å². The average Bonchev–Trinajstić information content (AvgIpc) is 2.73. The number of phenolic OH excluding ortho intramolecular Hbond substituents is 2. The van der Waals surface area contributed by atoms with E-state index in [9.17, 15) is 35.4 Å². The van der Waals surface area contributed by atoms with Crippen LogP contribution in [-0.4, -0.2) is 80.8 Å². The highest BCUT2D eigenvalue weighted by atomic mass is 16.7. The minimum atomic E-state index is -1.64. The molecule has 0 amide bonds. The zero-order valence-corrected chi connectivity index (χ0v) is 15.9. The summed E-state index contributed by atoms with van der Waals surface area (Å²) >= 11 is 0. The van der Waals surface area contributed by atoms with Crippen molar-refractivity contribution in [3.05, 3.63) is 47.5 Å². The molecule has 6 N–H and O–H groups in total. The molecule has 2 aromatic carbocycles. The maximum Gasteiger partial charge on any atom is 0.229 e. The van der Waals surface area contributed by atoms with Crippen LogP contribution in [0.3, 0.4) is 0 Å². The van der Waals surface area contributed by atoms with Gasteiger partial charge in [0.1, 0.15) is 53.0 Å². The molecule has 1 aliphatic heterocycles. The topological polar surface area (TPSA) is 166 Å². The van der Waals surface area contributed by atoms with Gasteiger partial charge in [0.2, 0.25) is 12.1 Å². The molecule has 1 fully saturated rings. The van der Waals surface area contributed by atoms with Crippen molar-refractivity contribution in [2.24, 2.45) is 0 Å². The molecule has 1 heterocycles. The maximum absolute atomic E-state index is 12.8. The number of rotatable bonds is 6. The van der Waals surface area contributed by atoms with Crippen LogP contribution in [0.25, 0.3) is 0 Å². The minimum Gasteiger partial charge on any atom is -0.508 e. The number of aromatic hydroxyl groups is 2. The van der Waals surface area contributed by atoms with Gasteiger partial charge in [0.25, 0.3) is 0 Å². The van der Waals surface area contributed by atoms with Gasteiger partial charge in [0.15, 0.2) is 0 Å². The molecule has 0 aliphatic carbocycles. The predicted octanol–water partition coefficient (Wildman–Crippen LogP) is -0.484. The molecular formula is C20H22O10. The van der Waals surface area contributed by atoms with Crippen molar-refractivity contribution < 1.29 is 49.6 Å². The Hall–Kier alpha value is -2.89. The second-order valence-electron chi connectivity index (χ2n) is 6.71. The molecule has 5 atom stereocenters. The van der Waals surface area contributed by atoms with Crippen LogP contribution in [0.4, 0.5) is 0 Å². The first-order chi connectivity index (χ1) is 14.3. The van der Waals surface area contributed by atoms with Crippen molar-refractivity contribution in [1.29, 1.82) is 0 Å². The van der Waals surface area contributed by atoms with E-state index in [1.165, 1.54) is 37.4 Å². The van der Waals surface area contributed by atoms with Gasteiger partial charge in [-0.05, 0) is 24.3 Å². The van der Waals surface area contributed by atoms with Crippen LogP contribution in [-0.2, 0) is 4.74 Å². The predicted molar refractivity (Wildman–Crippen MR) is 101 cm³/mol. The maximum atomic E-state index is 12.8. The summed E-state index contributed by atoms with van der Waals surface area (Å²) in [5, 5.41) is 58.8. The highest BCUT2D eigenvalue weighted by molar-refractivity contribution is 6.12. The summed E-state index contributed by atoms with van der Waals surface area (Å²) in [6.07, 6.45) is -7.46. The Bertz CT molecular complexity index is 895. The monoisotopic (exact) mass is 422 g/mol. The largest absolute Gasteiger partial charge is 0.508 e. The highest BCUT2D eigenvalue weighted by Crippen LogP contribution is 2.36. The quantitative estimate of drug-likeness (QED) is 0.335. The molecule has 0 saturated carbocycles. The third kappa shape index (κ3) is 4.18. The number of phenols is 2. The van der Waals surface area contributed by atoms with Gasteiger partial charge in [0.05, 0.1) is 13.7 Å². The van der Waals surface area contributed by atoms with E-state index in [2.05, 4.69) is 0 Å². The molecule has 0 radical (unpaired) electrons. The van der Waals surface area contributed by atoms with E-state index in [1.54, 1.807) is 0 Å². The molecule has 162 valence electrons. The number of hydrogen-bond donors (Lipinski definition) is 6. The Morgan fingerprint density at radius 2 is 1.70 bits per heavy atom. The van der Waals surface area contributed by atoms with E-state index in [0.29, 0.717) is 0 Å². The molecule has 10 nitrogen and oxygen atoms in total. The average molecular weight is 422 g/mol. The Kier molecular flexibility index (Phi) is 6.44. The highest BCUT2D eigenvalue weighted by Gasteiger charge is 2.44. The molecule has 3 rings (SSSR count). The van der Waals surface area contributed by atoms with Crippen LogP contribution in [0.2, 0.25) is 0 Å². The van der Waals surface area contributed by atoms with Gasteiger partial charge in [0, 0.05) is 17.7 Å². The van der Waals surface area contributed by atoms with Gasteiger partial charge in [-0.3, -0.25) is 4.79 Å². The zero-order valence-electron chi connectivity index (χ0n) is 15.9. The fraction of sp³-hybridized carbons (Fsp3) is 0.350. The minimum absolute atomic E-state index is 0.0222. The summed E-state index contributed by atoms with van der Waals surface area (Å²) in [6.45, 7) is -0.626. The summed E-state index contributed by atoms with van der Waals surface area (Å²) in [5.41, 5.74) is 0.0494. The van der Waals surface area contributed by atoms with E-state index in [4.69, 9.17) is 14.2 Å². The van der Waals surface area contributed by atoms with Crippen LogP contribution >= 0.6 is 0 Å². The number of carbonyl (C=O) groups excluding carboxylic acids is 1. The van der Waals surface area contributed by atoms with E-state index >= 15 is 0 Å². The smallest absolute Gasteiger partial charge is 0.229 e. The van der Waals surface area contributed by atoms with Crippen LogP contribution in [0.1, 0.15) is 15.9 Å². The number of aliphatic hydroxyl groups is 4. The standard InChI is InChI=1S/C20H22O10/c1-28-13-7-11(29-20-19(27)18(26)17(25)14(8-21)30-20)6-12(23)15(13)16(24)9-2-4-10(22)5-3-9/h2-7,14,17-23,25-27H,8H2,1H3/t14-,17-,18+,19-,20-/m1/s1. The van der Waals surface area contributed by atoms with E-state index in [1.807, 2.05) is 0 Å². The number of hydrogen-bond acceptors (Lipinski definition) is 10. The second kappa shape index (κ2) is 8.86. The normalized spacial score (nSPS) is 26.2. The van der Waals surface area contributed by atoms with E-state index in [-0.39, 0.29) is 28.4 Å². The Morgan fingerprint density at radius 1 is 1.03 bits per heavy atom. The summed E-state index contributed by atoms with van der Waals surface area (Å²) in [7, 11) is 1.28. The van der Waals surface area contributed by atoms with Gasteiger partial charge >= 0.3 is 0 Å². The third-order valence-corrected chi connectivity index (χ3v) is 4.73. The molecular weight excluding hydrogens is 400 g/mol. The molecule has 0 unspecified atom stereocenters. The SMILES string of the molecule is COc1cc(O[C@@H]2O[C@H](CO)[C@@H](O)[C@H](O)[C@H]2O)cc(O)c1C(=O)c1ccc(O)cc1. The fourth-order valence-corrected chi connectivity index (χ4v) is 3.09. The van der Waals surface area contributed by atoms with Crippen LogP contribution in [0.15, 0.2) is 36.4 Å². The lowest BCUT2D eigenvalue weighted by molar-refractivity contribution is -0.277. The van der Waals surface area contributed by atoms with Crippen molar-refractivity contribution in [3.8, 4) is 23.0 Å². The molecule has 1 saturated heterocycles. The van der Waals surface area contributed by atoms with Crippen molar-refractivity contribution in [3.63, 3.8) is 0 Å². The van der Waals surface area contributed by atoms with Gasteiger partial charge in [-0.25, -0.2) is 0 Å². The molecule has 10 heteroatoms. The zero-order chi connectivity index (χ0) is 22.0. The van der Waals surface area contributed by atoms with Gasteiger partial charge in [-0.2, -0.15) is 0 Å². The van der Waals surface area contributed by atoms with Crippen LogP contribution in [0, 0.1) is 0 Å². The molecule has 1 aliphatic rings. The molecule has 30 heavy (non-hydrogen) atoms. The van der Waals surface area contributed by atoms with E-state index < -0.39 is 48.8 Å². The van der Waals surface area contributed by atoms with Gasteiger partial charge in [-0.15, -0.1) is 0 Å². The molecule has 0 bridgehead atoms. The van der Waals surface area contributed by atoms with Crippen LogP contribution in [0.5, 0.6) is 23.0 Å². The first-order valence-corrected chi connectivity index (χ1v) is 8.98. The summed E-state index contributed by atoms with van der Waals surface area (Å²) in [4.78, 5) is 12.8. The van der Waals surface area contributed by atoms with Crippen molar-refractivity contribution in [2.45, 2.75) is 30.7 Å². The Balaban J connectivity index is 1.88. The van der Waals surface area contributed by atoms with Crippen molar-refractivity contribution in [1.82, 2.24) is 0 Å². The Labute approximate surface area is 171 Å². The Morgan fingerprint density at radius 3 is 2.30 bits per heavy atom. The van der Waals surface area contributed by atoms with Crippen LogP contribution < -0.4 is 9.47 Å². The number of benzene rings is 2. The number of aliphatic hydroxyl groups excluding tert-OH is 4. The first kappa shape index (κ1) is 21.8. The molecule has 0 spiro atoms. The number of ether oxygens (including phenoxy) is 3. The third-order valence-electron chi connectivity index (χ3n) is 4.73. The summed E-state index contributed by atoms with van der Waals surface area (Å²) < 4.78 is 15.9. The lowest BCUT2D eigenvalue weighted by atomic mass is 9.99. The molecule has 0 aromatic heterocycles. The van der Waals surface area contributed by atoms with Crippen molar-refractivity contribution >= 4 is 5.78 Å². The van der Waals surface area contributed by atoms with E-state index in [0.717, 1.165) is 6.07 Å². The first-order valence-electron chi connectivity index (χ1n) is 8.98. The summed E-state index contributed by atoms with van der Waals surface area (Å²) in [6, 6.07) is 7.79. The fourth-order valence-electron chi connectivity index (χ4n) is 3.09. The number of carbonyl (C=O) groups is 1. The molecule has 2 aromatic rings. The summed E-state index contributed by atoms with van der Waals surface area (Å²) in [5.74, 6) is -1.16. The lowest BCUT2D eigenvalue weighted by Crippen LogP contribution is -2.60. The second-order valence-corrected chi connectivity index (χ2v) is 6.71.